The van der Waals surface area contributed by atoms with Crippen LogP contribution in [-0.2, 0) is 109 Å². The van der Waals surface area contributed by atoms with E-state index in [1.165, 1.54) is 96.5 Å². The zero-order valence-corrected chi connectivity index (χ0v) is 76.9. The number of nitrogens with two attached hydrogens (primary N) is 1. The molecule has 3 aliphatic rings. The van der Waals surface area contributed by atoms with Crippen LogP contribution < -0.4 is 53.6 Å². The number of aromatic amines is 1. The second-order valence-corrected chi connectivity index (χ2v) is 35.9. The van der Waals surface area contributed by atoms with E-state index in [2.05, 4.69) is 52.8 Å². The van der Waals surface area contributed by atoms with Crippen molar-refractivity contribution < 1.29 is 96.4 Å². The van der Waals surface area contributed by atoms with Crippen LogP contribution in [0.5, 0.6) is 11.5 Å². The number of phenolic OH excluding ortho intramolecular Hbond substituents is 2. The third kappa shape index (κ3) is 29.0. The number of primary amides is 1. The van der Waals surface area contributed by atoms with Crippen molar-refractivity contribution >= 4 is 117 Å². The van der Waals surface area contributed by atoms with Crippen LogP contribution in [-0.4, -0.2) is 270 Å². The molecule has 15 N–H and O–H groups in total. The number of aromatic hydroxyl groups is 2. The highest BCUT2D eigenvalue weighted by Gasteiger charge is 2.46. The molecule has 132 heavy (non-hydrogen) atoms. The number of piperidine rings is 1. The van der Waals surface area contributed by atoms with Crippen LogP contribution in [0, 0.1) is 17.7 Å². The molecule has 3 aliphatic heterocycles. The molecule has 6 aromatic rings. The first-order valence-corrected chi connectivity index (χ1v) is 46.2. The topological polar surface area (TPSA) is 500 Å². The lowest BCUT2D eigenvalue weighted by molar-refractivity contribution is -0.152. The summed E-state index contributed by atoms with van der Waals surface area (Å²) >= 11 is 0.796. The van der Waals surface area contributed by atoms with Crippen LogP contribution in [0.1, 0.15) is 153 Å². The van der Waals surface area contributed by atoms with Crippen molar-refractivity contribution in [1.82, 2.24) is 77.3 Å². The van der Waals surface area contributed by atoms with Gasteiger partial charge in [0, 0.05) is 89.2 Å². The zero-order chi connectivity index (χ0) is 96.2. The van der Waals surface area contributed by atoms with Gasteiger partial charge in [0.2, 0.25) is 88.6 Å². The molecule has 4 heterocycles. The number of carbonyl (C=O) groups is 16. The maximum absolute atomic E-state index is 15.8. The average Bonchev–Trinajstić information content (AvgIpc) is 1.33. The number of unbranched alkanes of at least 4 members (excludes halogenated alkanes) is 2. The van der Waals surface area contributed by atoms with E-state index in [9.17, 15) is 48.5 Å². The number of aromatic nitrogens is 1. The molecule has 37 heteroatoms. The Labute approximate surface area is 771 Å². The molecule has 0 radical (unpaired) electrons. The number of halogens is 1. The summed E-state index contributed by atoms with van der Waals surface area (Å²) < 4.78 is 14.6. The fourth-order valence-electron chi connectivity index (χ4n) is 16.7. The number of hydrogen-bond acceptors (Lipinski definition) is 19. The van der Waals surface area contributed by atoms with Crippen molar-refractivity contribution in [1.29, 1.82) is 0 Å². The highest BCUT2D eigenvalue weighted by atomic mass is 32.2. The van der Waals surface area contributed by atoms with E-state index in [0.29, 0.717) is 77.2 Å². The number of aliphatic carboxylic acids is 1. The van der Waals surface area contributed by atoms with Gasteiger partial charge in [-0.2, -0.15) is 0 Å². The lowest BCUT2D eigenvalue weighted by Crippen LogP contribution is -2.63. The second kappa shape index (κ2) is 49.3. The molecule has 0 saturated carbocycles. The van der Waals surface area contributed by atoms with Crippen molar-refractivity contribution in [3.8, 4) is 11.5 Å². The largest absolute Gasteiger partial charge is 0.508 e. The van der Waals surface area contributed by atoms with Gasteiger partial charge in [0.15, 0.2) is 0 Å². The molecule has 13 atom stereocenters. The van der Waals surface area contributed by atoms with E-state index in [1.807, 2.05) is 13.8 Å². The van der Waals surface area contributed by atoms with Gasteiger partial charge in [0.25, 0.3) is 0 Å². The number of fused-ring (bicyclic) bond motifs is 3. The fraction of sp³-hybridized carbons (Fsp3) is 0.495. The minimum Gasteiger partial charge on any atom is -0.508 e. The molecule has 712 valence electrons. The minimum atomic E-state index is -1.89. The highest BCUT2D eigenvalue weighted by Crippen LogP contribution is 2.29. The third-order valence-corrected chi connectivity index (χ3v) is 25.1. The molecule has 0 bridgehead atoms. The predicted molar refractivity (Wildman–Crippen MR) is 490 cm³/mol. The van der Waals surface area contributed by atoms with Crippen LogP contribution in [0.25, 0.3) is 10.9 Å². The summed E-state index contributed by atoms with van der Waals surface area (Å²) in [7, 11) is 4.04. The SMILES string of the molecule is CCCC[C@H]1C(=O)N[C@@H](Cc2ccc(O)cc2)C(=O)N2CCCC[C@@H]2C(=O)N[C@H](Cc2c[nH]c3ccccc23)C(=O)N[C@@H](Cc2ccc(O)cc2)C(=O)N[C@@H](CC(C)C)C(=O)N[C@H](C(=O)NCC(N)=O)CSCC(=O)N[C@@H](Cc2ccc(F)cc2)C(=O)N(C)[C@@H](Cc2ccccc2)C(=O)N(C)[C@@H](CCCC)C(=O)N2CCC[C@@H]2C(=O)N[C@@H](CC(=O)O)C(=O)N[C@@H](C(C)C)C(=O)N1C. The molecule has 0 aliphatic carbocycles. The number of likely N-dealkylation sites (N-methyl/N-ethyl adjacent to an activating group) is 3. The van der Waals surface area contributed by atoms with Gasteiger partial charge in [-0.15, -0.1) is 11.8 Å². The highest BCUT2D eigenvalue weighted by molar-refractivity contribution is 8.00. The lowest BCUT2D eigenvalue weighted by atomic mass is 9.96. The summed E-state index contributed by atoms with van der Waals surface area (Å²) in [6.07, 6.45) is 2.11. The molecule has 0 spiro atoms. The Morgan fingerprint density at radius 1 is 0.492 bits per heavy atom. The number of hydrogen-bond donors (Lipinski definition) is 14. The molecule has 5 aromatic carbocycles. The van der Waals surface area contributed by atoms with Crippen molar-refractivity contribution in [2.75, 3.05) is 52.3 Å². The van der Waals surface area contributed by atoms with E-state index in [1.54, 1.807) is 88.5 Å². The average molecular weight is 1850 g/mol. The van der Waals surface area contributed by atoms with Crippen molar-refractivity contribution in [3.05, 3.63) is 167 Å². The van der Waals surface area contributed by atoms with E-state index >= 15 is 47.9 Å². The van der Waals surface area contributed by atoms with Crippen LogP contribution in [0.2, 0.25) is 0 Å². The Balaban J connectivity index is 1.13. The van der Waals surface area contributed by atoms with Crippen molar-refractivity contribution in [2.24, 2.45) is 17.6 Å². The van der Waals surface area contributed by atoms with Gasteiger partial charge in [-0.3, -0.25) is 76.7 Å². The summed E-state index contributed by atoms with van der Waals surface area (Å²) in [5, 5.41) is 56.3. The number of para-hydroxylation sites is 1. The monoisotopic (exact) mass is 1840 g/mol. The molecule has 35 nitrogen and oxygen atoms in total. The maximum Gasteiger partial charge on any atom is 0.305 e. The van der Waals surface area contributed by atoms with Crippen LogP contribution in [0.3, 0.4) is 0 Å². The first-order valence-electron chi connectivity index (χ1n) is 45.0. The number of thioether (sulfide) groups is 1. The van der Waals surface area contributed by atoms with Crippen molar-refractivity contribution in [2.45, 2.75) is 236 Å². The number of carboxylic acids is 1. The van der Waals surface area contributed by atoms with Gasteiger partial charge in [0.05, 0.1) is 18.7 Å². The summed E-state index contributed by atoms with van der Waals surface area (Å²) in [5.74, 6) is -17.7. The normalized spacial score (nSPS) is 23.8. The van der Waals surface area contributed by atoms with Gasteiger partial charge in [0.1, 0.15) is 95.9 Å². The second-order valence-electron chi connectivity index (χ2n) is 34.9. The van der Waals surface area contributed by atoms with Crippen molar-refractivity contribution in [3.63, 3.8) is 0 Å². The fourth-order valence-corrected chi connectivity index (χ4v) is 17.6. The van der Waals surface area contributed by atoms with Crippen LogP contribution in [0.4, 0.5) is 4.39 Å². The number of benzene rings is 5. The van der Waals surface area contributed by atoms with E-state index in [4.69, 9.17) is 5.73 Å². The van der Waals surface area contributed by atoms with E-state index in [-0.39, 0.29) is 101 Å². The molecule has 1 aromatic heterocycles. The quantitative estimate of drug-likeness (QED) is 0.0409. The number of nitrogens with one attached hydrogen (secondary N) is 10. The minimum absolute atomic E-state index is 0.00605. The van der Waals surface area contributed by atoms with Gasteiger partial charge in [-0.05, 0) is 133 Å². The number of nitrogens with zero attached hydrogens (tertiary/aromatic N) is 5. The van der Waals surface area contributed by atoms with Crippen LogP contribution in [0.15, 0.2) is 134 Å². The molecular formula is C95H125FN16O19S. The zero-order valence-electron chi connectivity index (χ0n) is 76.1. The van der Waals surface area contributed by atoms with Crippen LogP contribution >= 0.6 is 11.8 Å². The maximum atomic E-state index is 15.8. The Morgan fingerprint density at radius 3 is 1.57 bits per heavy atom. The van der Waals surface area contributed by atoms with Gasteiger partial charge >= 0.3 is 5.97 Å². The number of H-pyrrole nitrogens is 1. The summed E-state index contributed by atoms with van der Waals surface area (Å²) in [4.78, 5) is 248. The number of carbonyl (C=O) groups excluding carboxylic acids is 15. The number of amides is 15. The number of rotatable bonds is 24. The smallest absolute Gasteiger partial charge is 0.305 e. The molecular weight excluding hydrogens is 1720 g/mol. The first-order chi connectivity index (χ1) is 62.9. The molecule has 15 amide bonds. The van der Waals surface area contributed by atoms with E-state index in [0.717, 1.165) is 33.7 Å². The number of carboxylic acid groups (broad SMARTS) is 1. The predicted octanol–water partition coefficient (Wildman–Crippen LogP) is 3.87. The van der Waals surface area contributed by atoms with Gasteiger partial charge in [-0.1, -0.05) is 152 Å². The summed E-state index contributed by atoms with van der Waals surface area (Å²) in [6, 6.07) is 12.8. The Morgan fingerprint density at radius 2 is 0.977 bits per heavy atom. The molecule has 0 unspecified atom stereocenters. The Hall–Kier alpha value is -13.0. The lowest BCUT2D eigenvalue weighted by Gasteiger charge is -2.38. The molecule has 3 fully saturated rings. The third-order valence-electron chi connectivity index (χ3n) is 24.1. The standard InChI is InChI=1S/C95H125FN16O19S/c1-10-12-26-74-88(124)105-72(47-60-34-40-64(114)41-35-60)92(128)111-42-20-19-28-75(111)89(125)103-69(49-61-51-98-66-25-18-17-24-65(61)66)86(122)102-68(45-59-32-38-63(113)39-33-59)85(121)101-67(44-55(3)4)84(120)106-73(83(119)99-52-79(97)115)53-132-54-80(116)100-71(46-58-30-36-62(96)37-31-58)91(127)110(9)78(48-57-22-15-14-16-23-57)93(129)109(8)77(27-13-11-2)94(130)112-43-21-29-76(112)90(126)104-70(50-81(117)118)87(123)107-82(56(5)6)95(131)108(74)7/h14-18,22-25,30-41,51,55-56,67-78,82,98,113-114H,10-13,19-21,26-29,42-50,52-54H2,1-9H3,(H2,97,115)(H,99,119)(H,100,116)(H,101,121)(H,102,122)(H,103,125)(H,104,126)(H,105,124)(H,106,120)(H,107,123)(H,117,118)/t67-,68-,69+,70-,71-,72-,73-,74-,75+,76+,77-,78-,82-/m0/s1. The van der Waals surface area contributed by atoms with Gasteiger partial charge < -0.3 is 98.4 Å². The van der Waals surface area contributed by atoms with E-state index < -0.39 is 209 Å². The summed E-state index contributed by atoms with van der Waals surface area (Å²) in [5.41, 5.74) is 8.44. The number of phenols is 2. The molecule has 3 saturated heterocycles. The first kappa shape index (κ1) is 103. The summed E-state index contributed by atoms with van der Waals surface area (Å²) in [6.45, 7) is 9.59. The molecule has 9 rings (SSSR count). The van der Waals surface area contributed by atoms with Gasteiger partial charge in [-0.25, -0.2) is 4.39 Å². The Bertz CT molecular complexity index is 5050. The Kier molecular flexibility index (Phi) is 38.4.